The minimum absolute atomic E-state index is 0.746. The van der Waals surface area contributed by atoms with Crippen molar-refractivity contribution in [3.05, 3.63) is 24.0 Å². The third-order valence-electron chi connectivity index (χ3n) is 1.56. The molecule has 0 saturated carbocycles. The van der Waals surface area contributed by atoms with Gasteiger partial charge in [0, 0.05) is 11.9 Å². The van der Waals surface area contributed by atoms with E-state index in [4.69, 9.17) is 5.73 Å². The second-order valence-electron chi connectivity index (χ2n) is 2.63. The van der Waals surface area contributed by atoms with Gasteiger partial charge in [-0.05, 0) is 20.3 Å². The van der Waals surface area contributed by atoms with Crippen LogP contribution in [0.2, 0.25) is 0 Å². The summed E-state index contributed by atoms with van der Waals surface area (Å²) in [5.74, 6) is 0. The summed E-state index contributed by atoms with van der Waals surface area (Å²) in [6, 6.07) is 0. The fraction of sp³-hybridized carbons (Fsp3) is 0.500. The van der Waals surface area contributed by atoms with Crippen LogP contribution in [0.15, 0.2) is 29.0 Å². The minimum atomic E-state index is 0.746. The van der Waals surface area contributed by atoms with Gasteiger partial charge in [-0.3, -0.25) is 4.99 Å². The van der Waals surface area contributed by atoms with Gasteiger partial charge in [0.1, 0.15) is 0 Å². The maximum atomic E-state index is 5.63. The quantitative estimate of drug-likeness (QED) is 0.640. The second kappa shape index (κ2) is 6.65. The number of nitrogens with two attached hydrogens (primary N) is 1. The van der Waals surface area contributed by atoms with Crippen molar-refractivity contribution >= 4 is 5.71 Å². The standard InChI is InChI=1S/C10H18N2/c1-4-6-7-8-12-9(3)10(11)5-2/h5,7-8H,4,6,11H2,1-3H3/b8-7+,10-5+,12-9+. The molecule has 0 rings (SSSR count). The molecule has 2 nitrogen and oxygen atoms in total. The fourth-order valence-electron chi connectivity index (χ4n) is 0.689. The Morgan fingerprint density at radius 2 is 2.17 bits per heavy atom. The molecule has 0 aromatic carbocycles. The molecule has 0 heterocycles. The number of rotatable bonds is 4. The monoisotopic (exact) mass is 166 g/mol. The fourth-order valence-corrected chi connectivity index (χ4v) is 0.689. The molecule has 0 unspecified atom stereocenters. The van der Waals surface area contributed by atoms with E-state index in [0.717, 1.165) is 24.3 Å². The summed E-state index contributed by atoms with van der Waals surface area (Å²) in [4.78, 5) is 4.18. The van der Waals surface area contributed by atoms with Crippen molar-refractivity contribution in [2.45, 2.75) is 33.6 Å². The molecule has 68 valence electrons. The molecule has 0 aliphatic heterocycles. The van der Waals surface area contributed by atoms with Gasteiger partial charge in [-0.15, -0.1) is 0 Å². The van der Waals surface area contributed by atoms with Gasteiger partial charge in [0.05, 0.1) is 5.71 Å². The number of unbranched alkanes of at least 4 members (excludes halogenated alkanes) is 1. The zero-order chi connectivity index (χ0) is 9.40. The van der Waals surface area contributed by atoms with Gasteiger partial charge in [-0.2, -0.15) is 0 Å². The maximum Gasteiger partial charge on any atom is 0.0598 e. The van der Waals surface area contributed by atoms with Crippen molar-refractivity contribution in [2.24, 2.45) is 10.7 Å². The van der Waals surface area contributed by atoms with Crippen LogP contribution in [-0.4, -0.2) is 5.71 Å². The molecule has 0 spiro atoms. The Morgan fingerprint density at radius 3 is 2.67 bits per heavy atom. The van der Waals surface area contributed by atoms with Gasteiger partial charge in [0.15, 0.2) is 0 Å². The molecular weight excluding hydrogens is 148 g/mol. The van der Waals surface area contributed by atoms with Crippen molar-refractivity contribution < 1.29 is 0 Å². The first-order valence-corrected chi connectivity index (χ1v) is 4.34. The summed E-state index contributed by atoms with van der Waals surface area (Å²) in [5, 5.41) is 0. The molecule has 2 N–H and O–H groups in total. The number of nitrogens with zero attached hydrogens (tertiary/aromatic N) is 1. The van der Waals surface area contributed by atoms with E-state index in [2.05, 4.69) is 11.9 Å². The number of hydrogen-bond acceptors (Lipinski definition) is 2. The minimum Gasteiger partial charge on any atom is -0.398 e. The Labute approximate surface area is 74.9 Å². The summed E-state index contributed by atoms with van der Waals surface area (Å²) in [5.41, 5.74) is 7.25. The lowest BCUT2D eigenvalue weighted by molar-refractivity contribution is 0.956. The SMILES string of the molecule is C\C=C(N)/C(C)=N/C=C/CCC. The van der Waals surface area contributed by atoms with E-state index >= 15 is 0 Å². The van der Waals surface area contributed by atoms with Crippen molar-refractivity contribution in [2.75, 3.05) is 0 Å². The van der Waals surface area contributed by atoms with Gasteiger partial charge in [0.2, 0.25) is 0 Å². The van der Waals surface area contributed by atoms with Crippen LogP contribution in [-0.2, 0) is 0 Å². The lowest BCUT2D eigenvalue weighted by Crippen LogP contribution is -2.06. The van der Waals surface area contributed by atoms with Crippen LogP contribution in [0.4, 0.5) is 0 Å². The van der Waals surface area contributed by atoms with Gasteiger partial charge in [-0.1, -0.05) is 25.5 Å². The van der Waals surface area contributed by atoms with Crippen LogP contribution in [0.3, 0.4) is 0 Å². The van der Waals surface area contributed by atoms with E-state index < -0.39 is 0 Å². The molecule has 2 heteroatoms. The average molecular weight is 166 g/mol. The Hall–Kier alpha value is -1.05. The van der Waals surface area contributed by atoms with E-state index in [1.54, 1.807) is 0 Å². The predicted molar refractivity (Wildman–Crippen MR) is 55.1 cm³/mol. The van der Waals surface area contributed by atoms with Crippen LogP contribution in [0, 0.1) is 0 Å². The Balaban J connectivity index is 4.00. The molecule has 0 fully saturated rings. The highest BCUT2D eigenvalue weighted by Gasteiger charge is 1.89. The van der Waals surface area contributed by atoms with Crippen molar-refractivity contribution in [3.8, 4) is 0 Å². The van der Waals surface area contributed by atoms with Crippen LogP contribution < -0.4 is 5.73 Å². The molecule has 12 heavy (non-hydrogen) atoms. The maximum absolute atomic E-state index is 5.63. The first-order chi connectivity index (χ1) is 5.72. The Bertz CT molecular complexity index is 200. The van der Waals surface area contributed by atoms with E-state index in [0.29, 0.717) is 0 Å². The van der Waals surface area contributed by atoms with Crippen molar-refractivity contribution in [1.29, 1.82) is 0 Å². The molecule has 0 radical (unpaired) electrons. The Kier molecular flexibility index (Phi) is 6.07. The summed E-state index contributed by atoms with van der Waals surface area (Å²) < 4.78 is 0. The molecule has 0 aromatic heterocycles. The van der Waals surface area contributed by atoms with Crippen LogP contribution in [0.1, 0.15) is 33.6 Å². The largest absolute Gasteiger partial charge is 0.398 e. The molecule has 0 bridgehead atoms. The highest BCUT2D eigenvalue weighted by molar-refractivity contribution is 5.97. The lowest BCUT2D eigenvalue weighted by Gasteiger charge is -1.95. The molecule has 0 saturated heterocycles. The van der Waals surface area contributed by atoms with Gasteiger partial charge in [-0.25, -0.2) is 0 Å². The smallest absolute Gasteiger partial charge is 0.0598 e. The molecule has 0 amide bonds. The molecule has 0 aliphatic rings. The molecular formula is C10H18N2. The first-order valence-electron chi connectivity index (χ1n) is 4.34. The van der Waals surface area contributed by atoms with Gasteiger partial charge in [0.25, 0.3) is 0 Å². The van der Waals surface area contributed by atoms with Crippen LogP contribution in [0.25, 0.3) is 0 Å². The number of allylic oxidation sites excluding steroid dienone is 3. The normalized spacial score (nSPS) is 14.2. The molecule has 0 atom stereocenters. The Morgan fingerprint density at radius 1 is 1.50 bits per heavy atom. The summed E-state index contributed by atoms with van der Waals surface area (Å²) in [6.45, 7) is 5.96. The topological polar surface area (TPSA) is 38.4 Å². The van der Waals surface area contributed by atoms with Gasteiger partial charge < -0.3 is 5.73 Å². The molecule has 0 aromatic rings. The predicted octanol–water partition coefficient (Wildman–Crippen LogP) is 2.62. The lowest BCUT2D eigenvalue weighted by atomic mass is 10.3. The van der Waals surface area contributed by atoms with Crippen LogP contribution in [0.5, 0.6) is 0 Å². The summed E-state index contributed by atoms with van der Waals surface area (Å²) >= 11 is 0. The zero-order valence-electron chi connectivity index (χ0n) is 8.17. The first kappa shape index (κ1) is 11.0. The van der Waals surface area contributed by atoms with Gasteiger partial charge >= 0.3 is 0 Å². The van der Waals surface area contributed by atoms with E-state index in [1.807, 2.05) is 32.2 Å². The molecule has 0 aliphatic carbocycles. The third-order valence-corrected chi connectivity index (χ3v) is 1.56. The zero-order valence-corrected chi connectivity index (χ0v) is 8.17. The second-order valence-corrected chi connectivity index (χ2v) is 2.63. The average Bonchev–Trinajstić information content (AvgIpc) is 2.10. The van der Waals surface area contributed by atoms with Crippen LogP contribution >= 0.6 is 0 Å². The third kappa shape index (κ3) is 4.72. The summed E-state index contributed by atoms with van der Waals surface area (Å²) in [6.07, 6.45) is 7.95. The highest BCUT2D eigenvalue weighted by Crippen LogP contribution is 1.93. The number of hydrogen-bond donors (Lipinski definition) is 1. The van der Waals surface area contributed by atoms with E-state index in [1.165, 1.54) is 0 Å². The summed E-state index contributed by atoms with van der Waals surface area (Å²) in [7, 11) is 0. The van der Waals surface area contributed by atoms with Crippen molar-refractivity contribution in [1.82, 2.24) is 0 Å². The highest BCUT2D eigenvalue weighted by atomic mass is 14.7. The van der Waals surface area contributed by atoms with Crippen molar-refractivity contribution in [3.63, 3.8) is 0 Å². The van der Waals surface area contributed by atoms with E-state index in [9.17, 15) is 0 Å². The number of aliphatic imine (C=N–C) groups is 1. The van der Waals surface area contributed by atoms with E-state index in [-0.39, 0.29) is 0 Å².